The molecule has 0 fully saturated rings. The average Bonchev–Trinajstić information content (AvgIpc) is 1.52. The van der Waals surface area contributed by atoms with E-state index in [2.05, 4.69) is 418 Å². The van der Waals surface area contributed by atoms with Crippen LogP contribution in [0, 0.1) is 0 Å². The van der Waals surface area contributed by atoms with E-state index in [1.165, 1.54) is 262 Å². The molecule has 0 atom stereocenters. The molecule has 29 rings (SSSR count). The van der Waals surface area contributed by atoms with Crippen LogP contribution in [0.3, 0.4) is 0 Å². The summed E-state index contributed by atoms with van der Waals surface area (Å²) in [5, 5.41) is 34.8. The molecule has 0 N–H and O–H groups in total. The predicted molar refractivity (Wildman–Crippen MR) is 503 cm³/mol. The van der Waals surface area contributed by atoms with E-state index in [-0.39, 0.29) is 0 Å². The number of aromatic nitrogens is 4. The minimum absolute atomic E-state index is 1.18. The van der Waals surface area contributed by atoms with Crippen molar-refractivity contribution >= 4 is 201 Å². The van der Waals surface area contributed by atoms with Crippen LogP contribution < -0.4 is 0 Å². The summed E-state index contributed by atoms with van der Waals surface area (Å²) in [6.07, 6.45) is 0. The normalized spacial score (nSPS) is 12.4. The summed E-state index contributed by atoms with van der Waals surface area (Å²) in [6.45, 7) is 0. The lowest BCUT2D eigenvalue weighted by atomic mass is 9.88. The van der Waals surface area contributed by atoms with Gasteiger partial charge < -0.3 is 17.8 Å². The predicted octanol–water partition coefficient (Wildman–Crippen LogP) is 31.2. The molecule has 4 nitrogen and oxygen atoms in total. The van der Waals surface area contributed by atoms with Crippen LogP contribution in [0.5, 0.6) is 0 Å². The Morgan fingerprint density at radius 3 is 0.881 bits per heavy atom. The van der Waals surface area contributed by atoms with Gasteiger partial charge in [0, 0.05) is 91.9 Å². The third-order valence-electron chi connectivity index (χ3n) is 26.5. The van der Waals surface area contributed by atoms with E-state index >= 15 is 0 Å². The molecule has 0 spiro atoms. The van der Waals surface area contributed by atoms with E-state index in [4.69, 9.17) is 0 Å². The molecule has 4 heteroatoms. The number of benzene rings is 22. The maximum absolute atomic E-state index is 2.52. The minimum Gasteiger partial charge on any atom is -0.309 e. The fraction of sp³-hybridized carbons (Fsp3) is 0. The summed E-state index contributed by atoms with van der Waals surface area (Å²) in [5.74, 6) is 0. The van der Waals surface area contributed by atoms with E-state index in [0.29, 0.717) is 0 Å². The molecule has 0 aliphatic heterocycles. The second-order valence-electron chi connectivity index (χ2n) is 32.3. The van der Waals surface area contributed by atoms with Gasteiger partial charge in [0.15, 0.2) is 0 Å². The van der Waals surface area contributed by atoms with Crippen molar-refractivity contribution in [1.82, 2.24) is 17.8 Å². The Morgan fingerprint density at radius 1 is 0.127 bits per heavy atom. The van der Waals surface area contributed by atoms with Gasteiger partial charge in [-0.05, 0) is 194 Å². The first-order valence-corrected chi connectivity index (χ1v) is 41.0. The monoisotopic (exact) mass is 1490 g/mol. The molecular weight excluding hydrogens is 1430 g/mol. The van der Waals surface area contributed by atoms with Crippen molar-refractivity contribution in [2.75, 3.05) is 0 Å². The topological polar surface area (TPSA) is 18.2 Å². The van der Waals surface area contributed by atoms with Crippen molar-refractivity contribution in [3.05, 3.63) is 400 Å². The second-order valence-corrected chi connectivity index (χ2v) is 32.3. The van der Waals surface area contributed by atoms with Crippen LogP contribution in [-0.2, 0) is 0 Å². The standard InChI is InChI=1S/C48H28N2.C36H21N.C30H17N/c1-3-10-29(11-4-1)31-18-23-42-39(26-31)40-27-32(30-12-5-2-6-13-30)19-24-43(40)49(42)33-20-25-44-41(28-33)38-22-21-37-35-15-8-7-14-34(35)36-16-9-17-45-46(36)47(37)48(38)50(44)45;1-2-9-22(10-3-1)23-17-19-24(20-18-23)29-21-30-26-12-6-7-15-31(26)37-32-16-8-14-28-25-11-4-5-13-27(25)33(29)35(34(28)32)36(30)37;1-2-9-18(10-3-1)23-17-24-20-12-6-7-15-25(20)31-26-16-8-14-22-19-11-4-5-13-21(19)27(23)29(28(22)26)30(24)31/h1-28H;1-21H;1-17H. The van der Waals surface area contributed by atoms with Gasteiger partial charge in [-0.3, -0.25) is 0 Å². The molecule has 7 aromatic heterocycles. The van der Waals surface area contributed by atoms with Gasteiger partial charge in [-0.2, -0.15) is 0 Å². The molecule has 29 aromatic rings. The van der Waals surface area contributed by atoms with Crippen LogP contribution in [0.4, 0.5) is 0 Å². The first-order valence-electron chi connectivity index (χ1n) is 41.0. The highest BCUT2D eigenvalue weighted by Crippen LogP contribution is 2.54. The van der Waals surface area contributed by atoms with Crippen LogP contribution >= 0.6 is 0 Å². The number of hydrogen-bond donors (Lipinski definition) is 0. The van der Waals surface area contributed by atoms with Crippen molar-refractivity contribution in [2.45, 2.75) is 0 Å². The van der Waals surface area contributed by atoms with Gasteiger partial charge in [-0.15, -0.1) is 0 Å². The van der Waals surface area contributed by atoms with Gasteiger partial charge in [0.05, 0.1) is 60.7 Å². The van der Waals surface area contributed by atoms with Gasteiger partial charge in [0.25, 0.3) is 0 Å². The number of para-hydroxylation sites is 2. The molecule has 22 aromatic carbocycles. The van der Waals surface area contributed by atoms with Gasteiger partial charge in [-0.1, -0.05) is 315 Å². The maximum atomic E-state index is 2.52. The van der Waals surface area contributed by atoms with Gasteiger partial charge in [0.2, 0.25) is 0 Å². The molecule has 542 valence electrons. The Hall–Kier alpha value is -15.6. The Balaban J connectivity index is 0.0000000972. The molecule has 0 bridgehead atoms. The summed E-state index contributed by atoms with van der Waals surface area (Å²) in [7, 11) is 0. The zero-order valence-corrected chi connectivity index (χ0v) is 63.9. The first-order chi connectivity index (χ1) is 58.6. The highest BCUT2D eigenvalue weighted by atomic mass is 15.0. The van der Waals surface area contributed by atoms with Crippen LogP contribution in [0.1, 0.15) is 0 Å². The van der Waals surface area contributed by atoms with Gasteiger partial charge in [0.1, 0.15) is 0 Å². The lowest BCUT2D eigenvalue weighted by Gasteiger charge is -2.14. The number of fused-ring (bicyclic) bond motifs is 24. The van der Waals surface area contributed by atoms with Gasteiger partial charge in [-0.25, -0.2) is 0 Å². The molecule has 0 saturated heterocycles. The highest BCUT2D eigenvalue weighted by Gasteiger charge is 2.30. The third-order valence-corrected chi connectivity index (χ3v) is 26.5. The van der Waals surface area contributed by atoms with Gasteiger partial charge >= 0.3 is 0 Å². The Morgan fingerprint density at radius 2 is 0.415 bits per heavy atom. The van der Waals surface area contributed by atoms with E-state index in [1.807, 2.05) is 0 Å². The fourth-order valence-corrected chi connectivity index (χ4v) is 21.7. The van der Waals surface area contributed by atoms with E-state index < -0.39 is 0 Å². The number of nitrogens with zero attached hydrogens (tertiary/aromatic N) is 4. The smallest absolute Gasteiger partial charge is 0.0627 e. The summed E-state index contributed by atoms with van der Waals surface area (Å²) in [5.41, 5.74) is 27.9. The lowest BCUT2D eigenvalue weighted by molar-refractivity contribution is 1.18. The van der Waals surface area contributed by atoms with Crippen LogP contribution in [0.15, 0.2) is 400 Å². The van der Waals surface area contributed by atoms with E-state index in [1.54, 1.807) is 0 Å². The summed E-state index contributed by atoms with van der Waals surface area (Å²) in [4.78, 5) is 0. The summed E-state index contributed by atoms with van der Waals surface area (Å²) >= 11 is 0. The van der Waals surface area contributed by atoms with Crippen molar-refractivity contribution in [3.8, 4) is 61.3 Å². The summed E-state index contributed by atoms with van der Waals surface area (Å²) in [6, 6.07) is 147. The number of rotatable bonds is 6. The zero-order chi connectivity index (χ0) is 76.7. The van der Waals surface area contributed by atoms with Crippen LogP contribution in [-0.4, -0.2) is 17.8 Å². The second kappa shape index (κ2) is 24.0. The Bertz CT molecular complexity index is 9050. The SMILES string of the molecule is c1ccc(-c2cc3c4ccccc4n4c5cccc6c7ccccc7c2c(c65)c34)cc1.c1ccc(-c2ccc(-c3cc4c5ccccc5n5c6cccc7c8ccccc8c3c(c76)c45)cc2)cc1.c1ccc(-c2ccc3c(c2)c2cc(-c4ccccc4)ccc2n3-c2ccc3c(c2)c2ccc4c5ccccc5c5cccc6c5c4c2n36)cc1. The average molecular weight is 1490 g/mol. The quantitative estimate of drug-likeness (QED) is 0.148. The molecule has 0 aliphatic rings. The molecule has 118 heavy (non-hydrogen) atoms. The maximum Gasteiger partial charge on any atom is 0.0627 e. The Kier molecular flexibility index (Phi) is 13.0. The number of hydrogen-bond acceptors (Lipinski definition) is 0. The first kappa shape index (κ1) is 63.8. The molecule has 0 amide bonds. The molecule has 0 unspecified atom stereocenters. The van der Waals surface area contributed by atoms with Crippen LogP contribution in [0.25, 0.3) is 262 Å². The largest absolute Gasteiger partial charge is 0.309 e. The third kappa shape index (κ3) is 8.61. The van der Waals surface area contributed by atoms with E-state index in [0.717, 1.165) is 0 Å². The zero-order valence-electron chi connectivity index (χ0n) is 63.9. The van der Waals surface area contributed by atoms with E-state index in [9.17, 15) is 0 Å². The lowest BCUT2D eigenvalue weighted by Crippen LogP contribution is -1.94. The minimum atomic E-state index is 1.18. The molecule has 0 saturated carbocycles. The molecular formula is C114H66N4. The Labute approximate surface area is 675 Å². The van der Waals surface area contributed by atoms with Crippen molar-refractivity contribution < 1.29 is 0 Å². The van der Waals surface area contributed by atoms with Crippen LogP contribution in [0.2, 0.25) is 0 Å². The fourth-order valence-electron chi connectivity index (χ4n) is 21.7. The van der Waals surface area contributed by atoms with Crippen molar-refractivity contribution in [1.29, 1.82) is 0 Å². The summed E-state index contributed by atoms with van der Waals surface area (Å²) < 4.78 is 9.96. The highest BCUT2D eigenvalue weighted by molar-refractivity contribution is 6.44. The van der Waals surface area contributed by atoms with Crippen molar-refractivity contribution in [2.24, 2.45) is 0 Å². The molecule has 7 heterocycles. The molecule has 0 aliphatic carbocycles. The van der Waals surface area contributed by atoms with Crippen molar-refractivity contribution in [3.63, 3.8) is 0 Å². The molecule has 0 radical (unpaired) electrons.